The molecule has 0 saturated carbocycles. The Hall–Kier alpha value is -3.69. The van der Waals surface area contributed by atoms with E-state index in [1.807, 2.05) is 36.4 Å². The molecule has 226 valence electrons. The second-order valence-electron chi connectivity index (χ2n) is 9.64. The molecule has 14 heteroatoms. The molecule has 0 bridgehead atoms. The van der Waals surface area contributed by atoms with Gasteiger partial charge in [-0.2, -0.15) is 13.2 Å². The maximum Gasteiger partial charge on any atom is 0.419 e. The maximum absolute atomic E-state index is 12.5. The number of aromatic nitrogens is 4. The number of halogens is 4. The van der Waals surface area contributed by atoms with Crippen molar-refractivity contribution in [2.24, 2.45) is 0 Å². The van der Waals surface area contributed by atoms with Gasteiger partial charge in [-0.25, -0.2) is 19.9 Å². The van der Waals surface area contributed by atoms with E-state index in [1.165, 1.54) is 5.56 Å². The Morgan fingerprint density at radius 3 is 1.47 bits per heavy atom. The predicted octanol–water partition coefficient (Wildman–Crippen LogP) is 5.54. The minimum atomic E-state index is -4.44. The molecule has 0 amide bonds. The molecule has 2 aromatic carbocycles. The molecule has 10 nitrogen and oxygen atoms in total. The van der Waals surface area contributed by atoms with E-state index in [2.05, 4.69) is 69.3 Å². The third kappa shape index (κ3) is 9.15. The Morgan fingerprint density at radius 1 is 0.674 bits per heavy atom. The summed E-state index contributed by atoms with van der Waals surface area (Å²) in [6.07, 6.45) is 0.656. The van der Waals surface area contributed by atoms with E-state index >= 15 is 0 Å². The molecule has 4 N–H and O–H groups in total. The first-order valence-electron chi connectivity index (χ1n) is 13.6. The highest BCUT2D eigenvalue weighted by Crippen LogP contribution is 2.28. The maximum atomic E-state index is 12.5. The number of alkyl halides is 3. The third-order valence-corrected chi connectivity index (χ3v) is 6.94. The Morgan fingerprint density at radius 2 is 1.09 bits per heavy atom. The highest BCUT2D eigenvalue weighted by Gasteiger charge is 2.31. The molecular weight excluding hydrogens is 629 g/mol. The van der Waals surface area contributed by atoms with Crippen LogP contribution in [0.1, 0.15) is 28.9 Å². The lowest BCUT2D eigenvalue weighted by Gasteiger charge is -2.24. The van der Waals surface area contributed by atoms with Gasteiger partial charge < -0.3 is 30.7 Å². The minimum Gasteiger partial charge on any atom is -0.371 e. The summed E-state index contributed by atoms with van der Waals surface area (Å²) >= 11 is 3.31. The number of nitrogens with one attached hydrogen (secondary N) is 4. The summed E-state index contributed by atoms with van der Waals surface area (Å²) in [6.45, 7) is 4.83. The lowest BCUT2D eigenvalue weighted by molar-refractivity contribution is -0.138. The summed E-state index contributed by atoms with van der Waals surface area (Å²) in [6, 6.07) is 15.6. The van der Waals surface area contributed by atoms with Gasteiger partial charge in [0.2, 0.25) is 11.9 Å². The van der Waals surface area contributed by atoms with Crippen LogP contribution in [0.5, 0.6) is 0 Å². The molecule has 0 radical (unpaired) electrons. The number of hydrogen-bond acceptors (Lipinski definition) is 10. The molecule has 2 fully saturated rings. The first-order chi connectivity index (χ1) is 20.8. The van der Waals surface area contributed by atoms with Crippen molar-refractivity contribution in [1.29, 1.82) is 0 Å². The van der Waals surface area contributed by atoms with Crippen LogP contribution in [0.3, 0.4) is 0 Å². The number of ether oxygens (including phenoxy) is 2. The van der Waals surface area contributed by atoms with Crippen LogP contribution in [0.25, 0.3) is 0 Å². The summed E-state index contributed by atoms with van der Waals surface area (Å²) in [5.74, 6) is 0.692. The van der Waals surface area contributed by atoms with Gasteiger partial charge in [0.1, 0.15) is 0 Å². The van der Waals surface area contributed by atoms with Crippen molar-refractivity contribution in [3.8, 4) is 0 Å². The topological polar surface area (TPSA) is 118 Å². The van der Waals surface area contributed by atoms with Crippen LogP contribution in [0.15, 0.2) is 77.8 Å². The molecule has 2 aromatic heterocycles. The standard InChI is InChI=1S/C15H15F3N4O.C14H15BrN4O/c16-15(17,18)11-7-20-14(21-8-11)22-12-3-1-10(2-4-12)13-9-19-5-6-23-13;15-11-7-17-14(18-8-11)19-12-3-1-10(2-4-12)13-9-16-5-6-20-13/h1-4,7-8,13,19H,5-6,9H2,(H,20,21,22);1-4,7-8,13,16H,5-6,9H2,(H,17,18,19)/t2*13-/m00/s1. The van der Waals surface area contributed by atoms with Gasteiger partial charge in [-0.05, 0) is 51.3 Å². The number of anilines is 4. The van der Waals surface area contributed by atoms with Crippen molar-refractivity contribution >= 4 is 39.2 Å². The lowest BCUT2D eigenvalue weighted by atomic mass is 10.1. The van der Waals surface area contributed by atoms with Crippen LogP contribution in [0, 0.1) is 0 Å². The summed E-state index contributed by atoms with van der Waals surface area (Å²) in [7, 11) is 0. The van der Waals surface area contributed by atoms with Gasteiger partial charge in [0, 0.05) is 62.3 Å². The fraction of sp³-hybridized carbons (Fsp3) is 0.310. The molecule has 2 aliphatic heterocycles. The number of benzene rings is 2. The highest BCUT2D eigenvalue weighted by atomic mass is 79.9. The first kappa shape index (κ1) is 30.8. The fourth-order valence-corrected chi connectivity index (χ4v) is 4.50. The number of rotatable bonds is 6. The summed E-state index contributed by atoms with van der Waals surface area (Å²) in [4.78, 5) is 15.7. The Bertz CT molecular complexity index is 1420. The molecule has 43 heavy (non-hydrogen) atoms. The lowest BCUT2D eigenvalue weighted by Crippen LogP contribution is -2.33. The van der Waals surface area contributed by atoms with Crippen LogP contribution in [-0.4, -0.2) is 59.3 Å². The smallest absolute Gasteiger partial charge is 0.371 e. The number of hydrogen-bond donors (Lipinski definition) is 4. The number of nitrogens with zero attached hydrogens (tertiary/aromatic N) is 4. The molecule has 0 aliphatic carbocycles. The summed E-state index contributed by atoms with van der Waals surface area (Å²) in [5, 5.41) is 12.6. The molecule has 2 saturated heterocycles. The molecule has 6 rings (SSSR count). The quantitative estimate of drug-likeness (QED) is 0.210. The molecule has 0 spiro atoms. The van der Waals surface area contributed by atoms with Crippen molar-refractivity contribution < 1.29 is 22.6 Å². The zero-order chi connectivity index (χ0) is 30.1. The van der Waals surface area contributed by atoms with Crippen LogP contribution in [-0.2, 0) is 15.7 Å². The van der Waals surface area contributed by atoms with Gasteiger partial charge in [-0.3, -0.25) is 0 Å². The zero-order valence-corrected chi connectivity index (χ0v) is 24.5. The predicted molar refractivity (Wildman–Crippen MR) is 159 cm³/mol. The van der Waals surface area contributed by atoms with Crippen molar-refractivity contribution in [1.82, 2.24) is 30.6 Å². The van der Waals surface area contributed by atoms with Gasteiger partial charge in [-0.1, -0.05) is 24.3 Å². The monoisotopic (exact) mass is 658 g/mol. The summed E-state index contributed by atoms with van der Waals surface area (Å²) in [5.41, 5.74) is 2.99. The van der Waals surface area contributed by atoms with Crippen molar-refractivity contribution in [3.63, 3.8) is 0 Å². The molecule has 4 aromatic rings. The zero-order valence-electron chi connectivity index (χ0n) is 22.9. The highest BCUT2D eigenvalue weighted by molar-refractivity contribution is 9.10. The molecule has 0 unspecified atom stereocenters. The molecule has 2 atom stereocenters. The van der Waals surface area contributed by atoms with Gasteiger partial charge in [0.25, 0.3) is 0 Å². The van der Waals surface area contributed by atoms with Gasteiger partial charge >= 0.3 is 6.18 Å². The van der Waals surface area contributed by atoms with Crippen molar-refractivity contribution in [3.05, 3.63) is 94.5 Å². The molecule has 4 heterocycles. The van der Waals surface area contributed by atoms with Crippen LogP contribution in [0.2, 0.25) is 0 Å². The second kappa shape index (κ2) is 14.7. The van der Waals surface area contributed by atoms with E-state index in [0.29, 0.717) is 18.2 Å². The van der Waals surface area contributed by atoms with Crippen LogP contribution in [0.4, 0.5) is 36.4 Å². The third-order valence-electron chi connectivity index (χ3n) is 6.53. The summed E-state index contributed by atoms with van der Waals surface area (Å²) < 4.78 is 49.6. The van der Waals surface area contributed by atoms with E-state index in [1.54, 1.807) is 12.4 Å². The Kier molecular flexibility index (Phi) is 10.5. The van der Waals surface area contributed by atoms with E-state index in [-0.39, 0.29) is 18.2 Å². The number of morpholine rings is 2. The fourth-order valence-electron chi connectivity index (χ4n) is 4.30. The Balaban J connectivity index is 0.000000173. The van der Waals surface area contributed by atoms with Crippen molar-refractivity contribution in [2.45, 2.75) is 18.4 Å². The van der Waals surface area contributed by atoms with Crippen LogP contribution < -0.4 is 21.3 Å². The average Bonchev–Trinajstić information content (AvgIpc) is 3.04. The largest absolute Gasteiger partial charge is 0.419 e. The second-order valence-corrected chi connectivity index (χ2v) is 10.6. The molecular formula is C29H30BrF3N8O2. The van der Waals surface area contributed by atoms with E-state index < -0.39 is 11.7 Å². The van der Waals surface area contributed by atoms with E-state index in [0.717, 1.165) is 60.9 Å². The van der Waals surface area contributed by atoms with Gasteiger partial charge in [0.15, 0.2) is 0 Å². The van der Waals surface area contributed by atoms with Crippen LogP contribution >= 0.6 is 15.9 Å². The normalized spacial score (nSPS) is 18.7. The Labute approximate surface area is 255 Å². The van der Waals surface area contributed by atoms with E-state index in [4.69, 9.17) is 9.47 Å². The van der Waals surface area contributed by atoms with Gasteiger partial charge in [-0.15, -0.1) is 0 Å². The first-order valence-corrected chi connectivity index (χ1v) is 14.4. The molecule has 2 aliphatic rings. The van der Waals surface area contributed by atoms with Crippen molar-refractivity contribution in [2.75, 3.05) is 50.0 Å². The van der Waals surface area contributed by atoms with E-state index in [9.17, 15) is 13.2 Å². The van der Waals surface area contributed by atoms with Gasteiger partial charge in [0.05, 0.1) is 35.5 Å². The SMILES string of the molecule is Brc1cnc(Nc2ccc([C@@H]3CNCCO3)cc2)nc1.FC(F)(F)c1cnc(Nc2ccc([C@@H]3CNCCO3)cc2)nc1. The average molecular weight is 660 g/mol. The minimum absolute atomic E-state index is 0.0140.